The minimum atomic E-state index is -1.22. The van der Waals surface area contributed by atoms with Crippen molar-refractivity contribution in [3.63, 3.8) is 0 Å². The molecule has 0 saturated carbocycles. The maximum atomic E-state index is 13.6. The quantitative estimate of drug-likeness (QED) is 0.280. The molecule has 0 aliphatic heterocycles. The average molecular weight is 534 g/mol. The first-order chi connectivity index (χ1) is 17.5. The first-order valence-electron chi connectivity index (χ1n) is 12.0. The second-order valence-corrected chi connectivity index (χ2v) is 9.27. The zero-order chi connectivity index (χ0) is 27.1. The standard InChI is InChI=1S/C28H32FN3O5.Na.H/c1-17(2)26-24(13-12-22(33)14-23(34)15-25(35)36)32(21-10-8-20(29)9-11-21)31-27(26)28(37)30-16-19-6-4-18(3)5-7-19;;/h4-13,17,22-23,33-34H,14-16H2,1-3H3,(H,30,37)(H,35,36);;/t22-,23+;;/m0../s1. The van der Waals surface area contributed by atoms with Gasteiger partial charge in [-0.25, -0.2) is 9.07 Å². The van der Waals surface area contributed by atoms with Crippen LogP contribution < -0.4 is 5.32 Å². The normalized spacial score (nSPS) is 12.8. The van der Waals surface area contributed by atoms with Crippen molar-refractivity contribution in [1.29, 1.82) is 0 Å². The van der Waals surface area contributed by atoms with Crippen LogP contribution in [0.25, 0.3) is 11.8 Å². The Labute approximate surface area is 243 Å². The predicted molar refractivity (Wildman–Crippen MR) is 145 cm³/mol. The van der Waals surface area contributed by atoms with Gasteiger partial charge in [-0.1, -0.05) is 49.8 Å². The van der Waals surface area contributed by atoms with E-state index in [0.717, 1.165) is 11.1 Å². The van der Waals surface area contributed by atoms with Gasteiger partial charge in [0.15, 0.2) is 5.69 Å². The summed E-state index contributed by atoms with van der Waals surface area (Å²) >= 11 is 0. The molecule has 10 heteroatoms. The summed E-state index contributed by atoms with van der Waals surface area (Å²) in [5, 5.41) is 36.5. The van der Waals surface area contributed by atoms with Crippen LogP contribution in [-0.2, 0) is 11.3 Å². The maximum absolute atomic E-state index is 13.6. The Bertz CT molecular complexity index is 1260. The van der Waals surface area contributed by atoms with Gasteiger partial charge in [-0.15, -0.1) is 0 Å². The van der Waals surface area contributed by atoms with Gasteiger partial charge < -0.3 is 20.6 Å². The molecule has 198 valence electrons. The van der Waals surface area contributed by atoms with Crippen molar-refractivity contribution in [2.45, 2.75) is 58.3 Å². The third kappa shape index (κ3) is 8.61. The fourth-order valence-electron chi connectivity index (χ4n) is 3.94. The number of aryl methyl sites for hydroxylation is 1. The second kappa shape index (κ2) is 14.4. The number of nitrogens with one attached hydrogen (secondary N) is 1. The molecule has 0 unspecified atom stereocenters. The average Bonchev–Trinajstić information content (AvgIpc) is 3.22. The number of aliphatic hydroxyl groups excluding tert-OH is 2. The number of benzene rings is 2. The van der Waals surface area contributed by atoms with Crippen molar-refractivity contribution in [3.8, 4) is 5.69 Å². The summed E-state index contributed by atoms with van der Waals surface area (Å²) in [5.41, 5.74) is 3.90. The van der Waals surface area contributed by atoms with E-state index in [9.17, 15) is 24.2 Å². The molecular weight excluding hydrogens is 500 g/mol. The van der Waals surface area contributed by atoms with Gasteiger partial charge >= 0.3 is 35.5 Å². The zero-order valence-electron chi connectivity index (χ0n) is 21.1. The third-order valence-electron chi connectivity index (χ3n) is 5.80. The monoisotopic (exact) mass is 533 g/mol. The number of halogens is 1. The van der Waals surface area contributed by atoms with E-state index in [1.807, 2.05) is 45.0 Å². The van der Waals surface area contributed by atoms with Gasteiger partial charge in [-0.3, -0.25) is 9.59 Å². The van der Waals surface area contributed by atoms with E-state index in [0.29, 0.717) is 23.5 Å². The van der Waals surface area contributed by atoms with Gasteiger partial charge in [0.1, 0.15) is 5.82 Å². The summed E-state index contributed by atoms with van der Waals surface area (Å²) in [4.78, 5) is 24.0. The van der Waals surface area contributed by atoms with Crippen LogP contribution in [0, 0.1) is 12.7 Å². The molecule has 1 heterocycles. The second-order valence-electron chi connectivity index (χ2n) is 9.27. The summed E-state index contributed by atoms with van der Waals surface area (Å²) in [5.74, 6) is -2.10. The Morgan fingerprint density at radius 2 is 1.71 bits per heavy atom. The van der Waals surface area contributed by atoms with Crippen molar-refractivity contribution in [3.05, 3.63) is 88.5 Å². The van der Waals surface area contributed by atoms with Gasteiger partial charge in [-0.2, -0.15) is 5.10 Å². The number of aromatic nitrogens is 2. The predicted octanol–water partition coefficient (Wildman–Crippen LogP) is 3.32. The topological polar surface area (TPSA) is 125 Å². The molecule has 3 aromatic rings. The Balaban J connectivity index is 0.00000507. The van der Waals surface area contributed by atoms with Crippen molar-refractivity contribution < 1.29 is 29.3 Å². The number of amides is 1. The SMILES string of the molecule is Cc1ccc(CNC(=O)c2nn(-c3ccc(F)cc3)c(C=C[C@H](O)C[C@@H](O)CC(=O)O)c2C(C)C)cc1.[NaH]. The molecule has 0 aliphatic carbocycles. The number of carboxylic acids is 1. The fraction of sp³-hybridized carbons (Fsp3) is 0.321. The molecule has 0 bridgehead atoms. The van der Waals surface area contributed by atoms with E-state index in [2.05, 4.69) is 10.4 Å². The first-order valence-corrected chi connectivity index (χ1v) is 12.0. The first kappa shape index (κ1) is 31.4. The Kier molecular flexibility index (Phi) is 11.9. The molecule has 2 aromatic carbocycles. The molecule has 2 atom stereocenters. The Morgan fingerprint density at radius 3 is 2.29 bits per heavy atom. The van der Waals surface area contributed by atoms with Gasteiger partial charge in [0.05, 0.1) is 30.0 Å². The number of nitrogens with zero attached hydrogens (tertiary/aromatic N) is 2. The molecule has 4 N–H and O–H groups in total. The van der Waals surface area contributed by atoms with Crippen LogP contribution in [0.5, 0.6) is 0 Å². The molecule has 1 aromatic heterocycles. The third-order valence-corrected chi connectivity index (χ3v) is 5.80. The van der Waals surface area contributed by atoms with Crippen molar-refractivity contribution in [2.75, 3.05) is 0 Å². The van der Waals surface area contributed by atoms with Crippen LogP contribution in [0.1, 0.15) is 65.5 Å². The summed E-state index contributed by atoms with van der Waals surface area (Å²) < 4.78 is 15.1. The Hall–Kier alpha value is -2.82. The molecule has 0 aliphatic rings. The number of aliphatic carboxylic acids is 1. The van der Waals surface area contributed by atoms with Crippen molar-refractivity contribution in [1.82, 2.24) is 15.1 Å². The van der Waals surface area contributed by atoms with Crippen LogP contribution in [-0.4, -0.2) is 78.7 Å². The molecule has 0 spiro atoms. The van der Waals surface area contributed by atoms with E-state index in [1.54, 1.807) is 6.08 Å². The van der Waals surface area contributed by atoms with Crippen LogP contribution >= 0.6 is 0 Å². The number of carbonyl (C=O) groups is 2. The fourth-order valence-corrected chi connectivity index (χ4v) is 3.94. The number of aliphatic hydroxyl groups is 2. The molecule has 8 nitrogen and oxygen atoms in total. The number of hydrogen-bond donors (Lipinski definition) is 4. The van der Waals surface area contributed by atoms with E-state index < -0.39 is 30.4 Å². The number of rotatable bonds is 11. The summed E-state index contributed by atoms with van der Waals surface area (Å²) in [6, 6.07) is 13.4. The summed E-state index contributed by atoms with van der Waals surface area (Å²) in [6.45, 7) is 6.12. The van der Waals surface area contributed by atoms with Crippen LogP contribution in [0.2, 0.25) is 0 Å². The Morgan fingerprint density at radius 1 is 1.08 bits per heavy atom. The number of carbonyl (C=O) groups excluding carboxylic acids is 1. The van der Waals surface area contributed by atoms with Crippen molar-refractivity contribution in [2.24, 2.45) is 0 Å². The van der Waals surface area contributed by atoms with Crippen LogP contribution in [0.4, 0.5) is 4.39 Å². The molecule has 0 radical (unpaired) electrons. The van der Waals surface area contributed by atoms with Crippen molar-refractivity contribution >= 4 is 47.5 Å². The molecule has 38 heavy (non-hydrogen) atoms. The molecular formula is C28H33FN3NaO5. The van der Waals surface area contributed by atoms with Gasteiger partial charge in [0.2, 0.25) is 0 Å². The van der Waals surface area contributed by atoms with Gasteiger partial charge in [0, 0.05) is 18.5 Å². The molecule has 1 amide bonds. The van der Waals surface area contributed by atoms with Crippen LogP contribution in [0.3, 0.4) is 0 Å². The minimum absolute atomic E-state index is 0. The molecule has 0 saturated heterocycles. The molecule has 3 rings (SSSR count). The van der Waals surface area contributed by atoms with E-state index in [4.69, 9.17) is 5.11 Å². The zero-order valence-corrected chi connectivity index (χ0v) is 21.1. The summed E-state index contributed by atoms with van der Waals surface area (Å²) in [7, 11) is 0. The van der Waals surface area contributed by atoms with E-state index in [-0.39, 0.29) is 53.5 Å². The number of hydrogen-bond acceptors (Lipinski definition) is 5. The van der Waals surface area contributed by atoms with E-state index >= 15 is 0 Å². The number of carboxylic acid groups (broad SMARTS) is 1. The van der Waals surface area contributed by atoms with Crippen LogP contribution in [0.15, 0.2) is 54.6 Å². The summed E-state index contributed by atoms with van der Waals surface area (Å²) in [6.07, 6.45) is -0.00523. The molecule has 0 fully saturated rings. The van der Waals surface area contributed by atoms with Gasteiger partial charge in [0.25, 0.3) is 5.91 Å². The van der Waals surface area contributed by atoms with Gasteiger partial charge in [-0.05, 0) is 48.7 Å². The van der Waals surface area contributed by atoms with E-state index in [1.165, 1.54) is 35.0 Å².